The third-order valence-corrected chi connectivity index (χ3v) is 3.45. The van der Waals surface area contributed by atoms with Gasteiger partial charge in [-0.25, -0.2) is 0 Å². The molecule has 0 aliphatic carbocycles. The average Bonchev–Trinajstić information content (AvgIpc) is 1.90. The number of halogens is 2. The van der Waals surface area contributed by atoms with Crippen LogP contribution in [0, 0.1) is 0 Å². The first-order chi connectivity index (χ1) is 4.30. The fourth-order valence-electron chi connectivity index (χ4n) is 0.599. The zero-order chi connectivity index (χ0) is 6.69. The summed E-state index contributed by atoms with van der Waals surface area (Å²) >= 11 is 11.4. The first-order valence-electron chi connectivity index (χ1n) is 2.64. The van der Waals surface area contributed by atoms with E-state index in [4.69, 9.17) is 22.2 Å². The molecular formula is C6H7Cl2Si+. The van der Waals surface area contributed by atoms with Gasteiger partial charge in [-0.3, -0.25) is 0 Å². The Hall–Kier alpha value is 0.0169. The molecule has 0 fully saturated rings. The molecule has 0 heterocycles. The Kier molecular flexibility index (Phi) is 2.58. The van der Waals surface area contributed by atoms with Crippen LogP contribution in [-0.4, -0.2) is 7.42 Å². The molecule has 1 aromatic rings. The van der Waals surface area contributed by atoms with E-state index in [2.05, 4.69) is 0 Å². The lowest BCUT2D eigenvalue weighted by atomic mass is 10.4. The quantitative estimate of drug-likeness (QED) is 0.453. The van der Waals surface area contributed by atoms with E-state index >= 15 is 0 Å². The van der Waals surface area contributed by atoms with E-state index in [1.165, 1.54) is 0 Å². The maximum absolute atomic E-state index is 5.71. The van der Waals surface area contributed by atoms with Gasteiger partial charge in [-0.1, -0.05) is 30.3 Å². The van der Waals surface area contributed by atoms with Crippen LogP contribution in [0.4, 0.5) is 0 Å². The highest BCUT2D eigenvalue weighted by Gasteiger charge is 2.02. The fourth-order valence-corrected chi connectivity index (χ4v) is 1.98. The van der Waals surface area contributed by atoms with Crippen molar-refractivity contribution < 1.29 is 1.43 Å². The predicted molar refractivity (Wildman–Crippen MR) is 46.0 cm³/mol. The molecule has 0 saturated heterocycles. The van der Waals surface area contributed by atoms with Gasteiger partial charge in [0.05, 0.1) is 0 Å². The summed E-state index contributed by atoms with van der Waals surface area (Å²) in [5, 5.41) is 1.08. The maximum Gasteiger partial charge on any atom is 1.00 e. The number of hydrogen-bond acceptors (Lipinski definition) is 0. The van der Waals surface area contributed by atoms with Gasteiger partial charge in [-0.15, -0.1) is 22.2 Å². The van der Waals surface area contributed by atoms with Crippen LogP contribution in [-0.2, 0) is 0 Å². The summed E-state index contributed by atoms with van der Waals surface area (Å²) in [5.74, 6) is 0. The highest BCUT2D eigenvalue weighted by molar-refractivity contribution is 7.39. The summed E-state index contributed by atoms with van der Waals surface area (Å²) in [5.41, 5.74) is 0. The molecule has 0 amide bonds. The molecule has 0 atom stereocenters. The van der Waals surface area contributed by atoms with Gasteiger partial charge in [0.25, 0.3) is 7.42 Å². The lowest BCUT2D eigenvalue weighted by Gasteiger charge is -1.95. The first kappa shape index (κ1) is 7.13. The molecule has 9 heavy (non-hydrogen) atoms. The van der Waals surface area contributed by atoms with Crippen LogP contribution in [0.2, 0.25) is 0 Å². The molecule has 0 bridgehead atoms. The molecule has 48 valence electrons. The third kappa shape index (κ3) is 2.01. The number of hydrogen-bond donors (Lipinski definition) is 0. The first-order valence-corrected chi connectivity index (χ1v) is 6.70. The Labute approximate surface area is 66.9 Å². The topological polar surface area (TPSA) is 0 Å². The Morgan fingerprint density at radius 1 is 1.11 bits per heavy atom. The van der Waals surface area contributed by atoms with Crippen molar-refractivity contribution in [3.8, 4) is 0 Å². The number of rotatable bonds is 1. The van der Waals surface area contributed by atoms with E-state index in [1.54, 1.807) is 0 Å². The van der Waals surface area contributed by atoms with Crippen molar-refractivity contribution in [2.75, 3.05) is 0 Å². The minimum Gasteiger partial charge on any atom is -0.144 e. The second kappa shape index (κ2) is 3.25. The standard InChI is InChI=1S/C6H6Cl2Si/c7-9(8)6-4-2-1-3-5-6/h1-5,9H/p+1. The van der Waals surface area contributed by atoms with Gasteiger partial charge in [0, 0.05) is 0 Å². The largest absolute Gasteiger partial charge is 1.00 e. The van der Waals surface area contributed by atoms with Crippen LogP contribution in [0.1, 0.15) is 1.43 Å². The molecule has 0 spiro atoms. The molecular weight excluding hydrogens is 171 g/mol. The molecule has 1 rings (SSSR count). The van der Waals surface area contributed by atoms with E-state index < -0.39 is 7.42 Å². The summed E-state index contributed by atoms with van der Waals surface area (Å²) in [6, 6.07) is 9.75. The van der Waals surface area contributed by atoms with Crippen molar-refractivity contribution >= 4 is 34.8 Å². The van der Waals surface area contributed by atoms with Gasteiger partial charge in [-0.05, 0) is 5.19 Å². The third-order valence-electron chi connectivity index (χ3n) is 1.05. The van der Waals surface area contributed by atoms with Crippen LogP contribution >= 0.6 is 22.2 Å². The van der Waals surface area contributed by atoms with E-state index in [1.807, 2.05) is 30.3 Å². The Morgan fingerprint density at radius 3 is 2.00 bits per heavy atom. The lowest BCUT2D eigenvalue weighted by molar-refractivity contribution is 1.77. The lowest BCUT2D eigenvalue weighted by Crippen LogP contribution is -2.16. The van der Waals surface area contributed by atoms with Crippen LogP contribution in [0.5, 0.6) is 0 Å². The molecule has 0 nitrogen and oxygen atoms in total. The summed E-state index contributed by atoms with van der Waals surface area (Å²) in [4.78, 5) is 0. The minimum atomic E-state index is -1.58. The highest BCUT2D eigenvalue weighted by Crippen LogP contribution is 1.96. The van der Waals surface area contributed by atoms with Crippen LogP contribution < -0.4 is 5.19 Å². The van der Waals surface area contributed by atoms with Crippen molar-refractivity contribution in [1.82, 2.24) is 0 Å². The van der Waals surface area contributed by atoms with E-state index in [0.717, 1.165) is 5.19 Å². The van der Waals surface area contributed by atoms with Crippen molar-refractivity contribution in [2.24, 2.45) is 0 Å². The average molecular weight is 178 g/mol. The molecule has 0 N–H and O–H groups in total. The van der Waals surface area contributed by atoms with Crippen molar-refractivity contribution in [2.45, 2.75) is 0 Å². The van der Waals surface area contributed by atoms with Crippen LogP contribution in [0.25, 0.3) is 0 Å². The minimum absolute atomic E-state index is 0. The predicted octanol–water partition coefficient (Wildman–Crippen LogP) is 1.70. The van der Waals surface area contributed by atoms with Gasteiger partial charge in [-0.2, -0.15) is 0 Å². The van der Waals surface area contributed by atoms with Crippen LogP contribution in [0.3, 0.4) is 0 Å². The highest BCUT2D eigenvalue weighted by atomic mass is 35.7. The Balaban J connectivity index is 0.000000810. The second-order valence-electron chi connectivity index (χ2n) is 1.71. The zero-order valence-electron chi connectivity index (χ0n) is 5.72. The molecule has 0 aliphatic rings. The molecule has 0 radical (unpaired) electrons. The van der Waals surface area contributed by atoms with Gasteiger partial charge in [0.1, 0.15) is 0 Å². The molecule has 0 aromatic heterocycles. The number of benzene rings is 1. The Bertz CT molecular complexity index is 178. The summed E-state index contributed by atoms with van der Waals surface area (Å²) < 4.78 is 0. The monoisotopic (exact) mass is 177 g/mol. The van der Waals surface area contributed by atoms with Crippen molar-refractivity contribution in [1.29, 1.82) is 0 Å². The van der Waals surface area contributed by atoms with Crippen LogP contribution in [0.15, 0.2) is 30.3 Å². The van der Waals surface area contributed by atoms with E-state index in [-0.39, 0.29) is 1.43 Å². The molecule has 1 aromatic carbocycles. The molecule has 0 unspecified atom stereocenters. The second-order valence-corrected chi connectivity index (χ2v) is 6.27. The van der Waals surface area contributed by atoms with Gasteiger partial charge < -0.3 is 0 Å². The summed E-state index contributed by atoms with van der Waals surface area (Å²) in [6.45, 7) is 0. The summed E-state index contributed by atoms with van der Waals surface area (Å²) in [7, 11) is -1.58. The SMILES string of the molecule is Cl[SiH](Cl)c1ccccc1.[H+]. The molecule has 0 aliphatic heterocycles. The smallest absolute Gasteiger partial charge is 0.144 e. The zero-order valence-corrected chi connectivity index (χ0v) is 7.39. The molecule has 0 saturated carbocycles. The Morgan fingerprint density at radius 2 is 1.67 bits per heavy atom. The maximum atomic E-state index is 5.71. The van der Waals surface area contributed by atoms with Gasteiger partial charge in [0.15, 0.2) is 0 Å². The van der Waals surface area contributed by atoms with E-state index in [9.17, 15) is 0 Å². The fraction of sp³-hybridized carbons (Fsp3) is 0. The normalized spacial score (nSPS) is 10.1. The molecule has 3 heteroatoms. The van der Waals surface area contributed by atoms with Gasteiger partial charge in [0.2, 0.25) is 0 Å². The van der Waals surface area contributed by atoms with Crippen molar-refractivity contribution in [3.63, 3.8) is 0 Å². The van der Waals surface area contributed by atoms with E-state index in [0.29, 0.717) is 0 Å². The summed E-state index contributed by atoms with van der Waals surface area (Å²) in [6.07, 6.45) is 0. The van der Waals surface area contributed by atoms with Gasteiger partial charge >= 0.3 is 1.43 Å². The van der Waals surface area contributed by atoms with Crippen molar-refractivity contribution in [3.05, 3.63) is 30.3 Å².